The van der Waals surface area contributed by atoms with E-state index in [0.717, 1.165) is 0 Å². The summed E-state index contributed by atoms with van der Waals surface area (Å²) in [4.78, 5) is 0. The van der Waals surface area contributed by atoms with Crippen LogP contribution in [0, 0.1) is 0 Å². The van der Waals surface area contributed by atoms with Crippen LogP contribution in [0.1, 0.15) is 27.7 Å². The first-order valence-corrected chi connectivity index (χ1v) is 6.24. The summed E-state index contributed by atoms with van der Waals surface area (Å²) in [5, 5.41) is 37.9. The van der Waals surface area contributed by atoms with Crippen molar-refractivity contribution in [3.8, 4) is 0 Å². The van der Waals surface area contributed by atoms with Crippen molar-refractivity contribution in [1.29, 1.82) is 0 Å². The Hall–Kier alpha value is -0.200. The Morgan fingerprint density at radius 3 is 1.24 bits per heavy atom. The molecule has 0 rings (SSSR count). The van der Waals surface area contributed by atoms with Crippen molar-refractivity contribution in [2.45, 2.75) is 51.9 Å². The monoisotopic (exact) mass is 250 g/mol. The van der Waals surface area contributed by atoms with Crippen LogP contribution in [0.5, 0.6) is 0 Å². The van der Waals surface area contributed by atoms with Crippen LogP contribution in [0.3, 0.4) is 0 Å². The second kappa shape index (κ2) is 7.28. The Morgan fingerprint density at radius 1 is 0.765 bits per heavy atom. The number of rotatable bonds is 8. The fraction of sp³-hybridized carbons (Fsp3) is 1.00. The highest BCUT2D eigenvalue weighted by Crippen LogP contribution is 2.25. The second-order valence-corrected chi connectivity index (χ2v) is 5.12. The molecule has 17 heavy (non-hydrogen) atoms. The summed E-state index contributed by atoms with van der Waals surface area (Å²) in [6.07, 6.45) is -0.549. The lowest BCUT2D eigenvalue weighted by atomic mass is 10.0. The summed E-state index contributed by atoms with van der Waals surface area (Å²) >= 11 is 0. The van der Waals surface area contributed by atoms with Gasteiger partial charge in [-0.05, 0) is 27.7 Å². The summed E-state index contributed by atoms with van der Waals surface area (Å²) < 4.78 is 0.321. The highest BCUT2D eigenvalue weighted by molar-refractivity contribution is 4.67. The van der Waals surface area contributed by atoms with Gasteiger partial charge in [-0.15, -0.1) is 0 Å². The van der Waals surface area contributed by atoms with Gasteiger partial charge in [0.2, 0.25) is 0 Å². The zero-order chi connectivity index (χ0) is 13.6. The molecule has 0 aromatic carbocycles. The lowest BCUT2D eigenvalue weighted by Gasteiger charge is -2.51. The molecule has 0 aliphatic heterocycles. The number of aliphatic hydroxyl groups excluding tert-OH is 4. The van der Waals surface area contributed by atoms with Crippen LogP contribution < -0.4 is 0 Å². The van der Waals surface area contributed by atoms with Crippen molar-refractivity contribution in [2.75, 3.05) is 26.4 Å². The van der Waals surface area contributed by atoms with E-state index in [1.807, 2.05) is 20.8 Å². The maximum atomic E-state index is 9.66. The van der Waals surface area contributed by atoms with E-state index in [1.54, 1.807) is 6.92 Å². The molecule has 0 amide bonds. The first kappa shape index (κ1) is 16.8. The average molecular weight is 250 g/mol. The molecule has 0 aromatic heterocycles. The normalized spacial score (nSPS) is 22.6. The molecule has 0 aliphatic rings. The lowest BCUT2D eigenvalue weighted by molar-refractivity contribution is -0.992. The minimum Gasteiger partial charge on any atom is -0.390 e. The van der Waals surface area contributed by atoms with Gasteiger partial charge in [-0.25, -0.2) is 0 Å². The fourth-order valence-electron chi connectivity index (χ4n) is 2.76. The minimum atomic E-state index is -0.549. The third kappa shape index (κ3) is 3.63. The molecule has 5 nitrogen and oxygen atoms in total. The third-order valence-corrected chi connectivity index (χ3v) is 3.84. The Bertz CT molecular complexity index is 184. The molecule has 0 saturated carbocycles. The van der Waals surface area contributed by atoms with Gasteiger partial charge in [0.1, 0.15) is 30.8 Å². The molecular formula is C12H28NO4+. The zero-order valence-corrected chi connectivity index (χ0v) is 11.4. The molecule has 4 N–H and O–H groups in total. The van der Waals surface area contributed by atoms with Gasteiger partial charge in [-0.1, -0.05) is 0 Å². The van der Waals surface area contributed by atoms with Crippen molar-refractivity contribution in [2.24, 2.45) is 0 Å². The molecule has 0 heterocycles. The molecule has 0 spiro atoms. The van der Waals surface area contributed by atoms with Gasteiger partial charge in [0.15, 0.2) is 0 Å². The van der Waals surface area contributed by atoms with Crippen molar-refractivity contribution in [3.63, 3.8) is 0 Å². The smallest absolute Gasteiger partial charge is 0.110 e. The Balaban J connectivity index is 5.34. The topological polar surface area (TPSA) is 80.9 Å². The number of hydrogen-bond acceptors (Lipinski definition) is 4. The van der Waals surface area contributed by atoms with Crippen molar-refractivity contribution in [3.05, 3.63) is 0 Å². The van der Waals surface area contributed by atoms with Crippen molar-refractivity contribution in [1.82, 2.24) is 0 Å². The number of aliphatic hydroxyl groups is 4. The molecule has 4 atom stereocenters. The SMILES string of the molecule is CC(O)C[N+](C(C)CO)(C(C)CO)C(C)CO. The molecule has 0 radical (unpaired) electrons. The van der Waals surface area contributed by atoms with Crippen LogP contribution >= 0.6 is 0 Å². The van der Waals surface area contributed by atoms with Gasteiger partial charge < -0.3 is 24.9 Å². The van der Waals surface area contributed by atoms with Gasteiger partial charge in [-0.2, -0.15) is 0 Å². The predicted molar refractivity (Wildman–Crippen MR) is 66.5 cm³/mol. The highest BCUT2D eigenvalue weighted by Gasteiger charge is 2.44. The maximum absolute atomic E-state index is 9.66. The second-order valence-electron chi connectivity index (χ2n) is 5.12. The van der Waals surface area contributed by atoms with Crippen LogP contribution in [-0.4, -0.2) is 75.5 Å². The molecule has 0 bridgehead atoms. The Kier molecular flexibility index (Phi) is 7.20. The van der Waals surface area contributed by atoms with E-state index in [1.165, 1.54) is 0 Å². The molecule has 0 saturated heterocycles. The Labute approximate surface area is 104 Å². The van der Waals surface area contributed by atoms with Gasteiger partial charge in [-0.3, -0.25) is 0 Å². The van der Waals surface area contributed by atoms with E-state index in [-0.39, 0.29) is 37.9 Å². The van der Waals surface area contributed by atoms with E-state index in [4.69, 9.17) is 0 Å². The predicted octanol–water partition coefficient (Wildman–Crippen LogP) is -0.674. The summed E-state index contributed by atoms with van der Waals surface area (Å²) in [7, 11) is 0. The minimum absolute atomic E-state index is 0.0403. The van der Waals surface area contributed by atoms with Gasteiger partial charge in [0, 0.05) is 0 Å². The number of hydrogen-bond donors (Lipinski definition) is 4. The summed E-state index contributed by atoms with van der Waals surface area (Å²) in [5.41, 5.74) is 0. The Morgan fingerprint density at radius 2 is 1.06 bits per heavy atom. The molecule has 104 valence electrons. The number of quaternary nitrogens is 1. The largest absolute Gasteiger partial charge is 0.390 e. The summed E-state index contributed by atoms with van der Waals surface area (Å²) in [5.74, 6) is 0. The summed E-state index contributed by atoms with van der Waals surface area (Å²) in [6.45, 7) is 7.60. The van der Waals surface area contributed by atoms with Crippen LogP contribution in [0.4, 0.5) is 0 Å². The van der Waals surface area contributed by atoms with Crippen LogP contribution in [0.25, 0.3) is 0 Å². The maximum Gasteiger partial charge on any atom is 0.110 e. The van der Waals surface area contributed by atoms with E-state index >= 15 is 0 Å². The standard InChI is InChI=1S/C12H28NO4/c1-9(6-14)13(5-12(4)17,10(2)7-15)11(3)8-16/h9-12,14-17H,5-8H2,1-4H3/q+1. The quantitative estimate of drug-likeness (QED) is 0.431. The number of nitrogens with zero attached hydrogens (tertiary/aromatic N) is 1. The molecular weight excluding hydrogens is 222 g/mol. The zero-order valence-electron chi connectivity index (χ0n) is 11.4. The van der Waals surface area contributed by atoms with E-state index < -0.39 is 6.10 Å². The molecule has 5 heteroatoms. The van der Waals surface area contributed by atoms with Gasteiger partial charge in [0.05, 0.1) is 19.8 Å². The van der Waals surface area contributed by atoms with Crippen LogP contribution in [-0.2, 0) is 0 Å². The van der Waals surface area contributed by atoms with E-state index in [9.17, 15) is 20.4 Å². The first-order valence-electron chi connectivity index (χ1n) is 6.24. The first-order chi connectivity index (χ1) is 7.86. The van der Waals surface area contributed by atoms with Crippen LogP contribution in [0.15, 0.2) is 0 Å². The van der Waals surface area contributed by atoms with E-state index in [0.29, 0.717) is 11.0 Å². The van der Waals surface area contributed by atoms with Gasteiger partial charge >= 0.3 is 0 Å². The molecule has 0 aromatic rings. The van der Waals surface area contributed by atoms with Crippen molar-refractivity contribution < 1.29 is 24.9 Å². The van der Waals surface area contributed by atoms with E-state index in [2.05, 4.69) is 0 Å². The fourth-order valence-corrected chi connectivity index (χ4v) is 2.76. The molecule has 4 unspecified atom stereocenters. The molecule has 0 aliphatic carbocycles. The van der Waals surface area contributed by atoms with Crippen molar-refractivity contribution >= 4 is 0 Å². The van der Waals surface area contributed by atoms with Gasteiger partial charge in [0.25, 0.3) is 0 Å². The highest BCUT2D eigenvalue weighted by atomic mass is 16.3. The third-order valence-electron chi connectivity index (χ3n) is 3.84. The average Bonchev–Trinajstić information content (AvgIpc) is 2.32. The van der Waals surface area contributed by atoms with Crippen LogP contribution in [0.2, 0.25) is 0 Å². The molecule has 0 fully saturated rings. The summed E-state index contributed by atoms with van der Waals surface area (Å²) in [6, 6.07) is -0.434. The lowest BCUT2D eigenvalue weighted by Crippen LogP contribution is -2.69.